The molecule has 0 saturated heterocycles. The van der Waals surface area contributed by atoms with Crippen molar-refractivity contribution in [2.45, 2.75) is 49.6 Å². The highest BCUT2D eigenvalue weighted by Gasteiger charge is 2.30. The van der Waals surface area contributed by atoms with E-state index in [1.807, 2.05) is 37.3 Å². The zero-order chi connectivity index (χ0) is 27.6. The number of hydrogen-bond donors (Lipinski definition) is 4. The fraction of sp³-hybridized carbons (Fsp3) is 0.276. The largest absolute Gasteiger partial charge is 0.478 e. The van der Waals surface area contributed by atoms with Crippen molar-refractivity contribution in [1.82, 2.24) is 20.0 Å². The molecule has 1 heterocycles. The lowest BCUT2D eigenvalue weighted by molar-refractivity contribution is -0.126. The van der Waals surface area contributed by atoms with Crippen LogP contribution >= 0.6 is 0 Å². The smallest absolute Gasteiger partial charge is 0.335 e. The van der Waals surface area contributed by atoms with Crippen LogP contribution in [0.5, 0.6) is 0 Å². The molecule has 10 heteroatoms. The number of benzene rings is 3. The van der Waals surface area contributed by atoms with Gasteiger partial charge in [0, 0.05) is 17.5 Å². The summed E-state index contributed by atoms with van der Waals surface area (Å²) in [6.07, 6.45) is 2.39. The number of aromatic nitrogens is 2. The van der Waals surface area contributed by atoms with E-state index < -0.39 is 16.0 Å². The van der Waals surface area contributed by atoms with Gasteiger partial charge in [0.1, 0.15) is 5.82 Å². The second kappa shape index (κ2) is 11.0. The predicted octanol–water partition coefficient (Wildman–Crippen LogP) is 4.64. The number of nitrogens with zero attached hydrogens (tertiary/aromatic N) is 1. The summed E-state index contributed by atoms with van der Waals surface area (Å²) in [6.45, 7) is 1.96. The SMILES string of the molecule is CC(NC(=O)C1CCC(NS(=O)(=O)c2ccc3[nH]c(-c4ccc(C(=O)O)cc4)nc3c2)CC1)c1ccccc1. The Labute approximate surface area is 226 Å². The number of carboxylic acid groups (broad SMARTS) is 1. The maximum Gasteiger partial charge on any atom is 0.335 e. The number of carboxylic acids is 1. The van der Waals surface area contributed by atoms with Crippen LogP contribution in [0.1, 0.15) is 54.6 Å². The van der Waals surface area contributed by atoms with Crippen molar-refractivity contribution in [3.8, 4) is 11.4 Å². The summed E-state index contributed by atoms with van der Waals surface area (Å²) >= 11 is 0. The predicted molar refractivity (Wildman–Crippen MR) is 148 cm³/mol. The number of amides is 1. The third-order valence-corrected chi connectivity index (χ3v) is 8.77. The monoisotopic (exact) mass is 546 g/mol. The standard InChI is InChI=1S/C29H30N4O5S/c1-18(19-5-3-2-4-6-19)30-28(34)21-11-13-23(14-12-21)33-39(37,38)24-15-16-25-26(17-24)32-27(31-25)20-7-9-22(10-8-20)29(35)36/h2-10,15-18,21,23,33H,11-14H2,1H3,(H,30,34)(H,31,32)(H,35,36). The lowest BCUT2D eigenvalue weighted by Crippen LogP contribution is -2.41. The van der Waals surface area contributed by atoms with Gasteiger partial charge in [0.15, 0.2) is 0 Å². The number of hydrogen-bond acceptors (Lipinski definition) is 5. The lowest BCUT2D eigenvalue weighted by Gasteiger charge is -2.29. The molecule has 4 N–H and O–H groups in total. The van der Waals surface area contributed by atoms with E-state index in [0.29, 0.717) is 48.1 Å². The first-order valence-corrected chi connectivity index (χ1v) is 14.4. The summed E-state index contributed by atoms with van der Waals surface area (Å²) in [5, 5.41) is 12.2. The van der Waals surface area contributed by atoms with Crippen molar-refractivity contribution >= 4 is 32.9 Å². The maximum atomic E-state index is 13.2. The van der Waals surface area contributed by atoms with Crippen molar-refractivity contribution < 1.29 is 23.1 Å². The number of sulfonamides is 1. The molecule has 202 valence electrons. The molecule has 1 atom stereocenters. The van der Waals surface area contributed by atoms with E-state index in [1.165, 1.54) is 24.3 Å². The minimum atomic E-state index is -3.78. The maximum absolute atomic E-state index is 13.2. The summed E-state index contributed by atoms with van der Waals surface area (Å²) in [5.74, 6) is -0.629. The van der Waals surface area contributed by atoms with Crippen LogP contribution in [0.25, 0.3) is 22.4 Å². The molecular weight excluding hydrogens is 516 g/mol. The van der Waals surface area contributed by atoms with E-state index >= 15 is 0 Å². The molecule has 1 aliphatic carbocycles. The van der Waals surface area contributed by atoms with Gasteiger partial charge in [-0.2, -0.15) is 0 Å². The van der Waals surface area contributed by atoms with E-state index in [4.69, 9.17) is 5.11 Å². The van der Waals surface area contributed by atoms with Crippen molar-refractivity contribution in [2.75, 3.05) is 0 Å². The number of carbonyl (C=O) groups excluding carboxylic acids is 1. The number of imidazole rings is 1. The molecule has 39 heavy (non-hydrogen) atoms. The van der Waals surface area contributed by atoms with Gasteiger partial charge < -0.3 is 15.4 Å². The number of aromatic carboxylic acids is 1. The second-order valence-electron chi connectivity index (χ2n) is 9.96. The molecular formula is C29H30N4O5S. The highest BCUT2D eigenvalue weighted by molar-refractivity contribution is 7.89. The highest BCUT2D eigenvalue weighted by atomic mass is 32.2. The summed E-state index contributed by atoms with van der Waals surface area (Å²) in [4.78, 5) is 31.7. The third kappa shape index (κ3) is 6.02. The average Bonchev–Trinajstić information content (AvgIpc) is 3.37. The molecule has 3 aromatic carbocycles. The van der Waals surface area contributed by atoms with Crippen LogP contribution in [0.3, 0.4) is 0 Å². The fourth-order valence-electron chi connectivity index (χ4n) is 4.98. The Hall–Kier alpha value is -4.02. The number of fused-ring (bicyclic) bond motifs is 1. The van der Waals surface area contributed by atoms with Gasteiger partial charge in [0.05, 0.1) is 27.5 Å². The Morgan fingerprint density at radius 1 is 0.974 bits per heavy atom. The van der Waals surface area contributed by atoms with Crippen LogP contribution in [0.2, 0.25) is 0 Å². The Kier molecular flexibility index (Phi) is 7.49. The third-order valence-electron chi connectivity index (χ3n) is 7.25. The fourth-order valence-corrected chi connectivity index (χ4v) is 6.30. The summed E-state index contributed by atoms with van der Waals surface area (Å²) in [7, 11) is -3.78. The topological polar surface area (TPSA) is 141 Å². The molecule has 1 unspecified atom stereocenters. The van der Waals surface area contributed by atoms with Gasteiger partial charge in [0.2, 0.25) is 15.9 Å². The molecule has 0 bridgehead atoms. The van der Waals surface area contributed by atoms with Crippen molar-refractivity contribution in [1.29, 1.82) is 0 Å². The van der Waals surface area contributed by atoms with Gasteiger partial charge in [-0.05, 0) is 68.5 Å². The molecule has 4 aromatic rings. The van der Waals surface area contributed by atoms with Crippen LogP contribution in [0.15, 0.2) is 77.7 Å². The van der Waals surface area contributed by atoms with Crippen molar-refractivity contribution in [2.24, 2.45) is 5.92 Å². The Morgan fingerprint density at radius 2 is 1.67 bits per heavy atom. The molecule has 5 rings (SSSR count). The molecule has 1 aromatic heterocycles. The van der Waals surface area contributed by atoms with Crippen LogP contribution in [0, 0.1) is 5.92 Å². The molecule has 0 aliphatic heterocycles. The molecule has 0 radical (unpaired) electrons. The highest BCUT2D eigenvalue weighted by Crippen LogP contribution is 2.28. The Balaban J connectivity index is 1.20. The molecule has 0 spiro atoms. The van der Waals surface area contributed by atoms with Gasteiger partial charge in [-0.15, -0.1) is 0 Å². The van der Waals surface area contributed by atoms with E-state index in [1.54, 1.807) is 18.2 Å². The number of aromatic amines is 1. The molecule has 1 fully saturated rings. The Morgan fingerprint density at radius 3 is 2.33 bits per heavy atom. The zero-order valence-corrected chi connectivity index (χ0v) is 22.2. The van der Waals surface area contributed by atoms with Crippen molar-refractivity contribution in [3.05, 3.63) is 83.9 Å². The Bertz CT molecular complexity index is 1590. The first-order valence-electron chi connectivity index (χ1n) is 12.9. The van der Waals surface area contributed by atoms with Crippen molar-refractivity contribution in [3.63, 3.8) is 0 Å². The average molecular weight is 547 g/mol. The van der Waals surface area contributed by atoms with E-state index in [0.717, 1.165) is 5.56 Å². The normalized spacial score (nSPS) is 18.5. The van der Waals surface area contributed by atoms with Crippen LogP contribution in [0.4, 0.5) is 0 Å². The molecule has 1 amide bonds. The van der Waals surface area contributed by atoms with E-state index in [9.17, 15) is 18.0 Å². The van der Waals surface area contributed by atoms with Gasteiger partial charge >= 0.3 is 5.97 Å². The number of nitrogens with one attached hydrogen (secondary N) is 3. The summed E-state index contributed by atoms with van der Waals surface area (Å²) in [5.41, 5.74) is 3.07. The molecule has 1 aliphatic rings. The zero-order valence-electron chi connectivity index (χ0n) is 21.4. The minimum Gasteiger partial charge on any atom is -0.478 e. The molecule has 9 nitrogen and oxygen atoms in total. The lowest BCUT2D eigenvalue weighted by atomic mass is 9.85. The summed E-state index contributed by atoms with van der Waals surface area (Å²) in [6, 6.07) is 20.5. The van der Waals surface area contributed by atoms with Gasteiger partial charge in [0.25, 0.3) is 0 Å². The van der Waals surface area contributed by atoms with Crippen LogP contribution in [-0.4, -0.2) is 41.4 Å². The van der Waals surface area contributed by atoms with Gasteiger partial charge in [-0.25, -0.2) is 22.9 Å². The minimum absolute atomic E-state index is 0.00467. The van der Waals surface area contributed by atoms with E-state index in [-0.39, 0.29) is 34.4 Å². The number of carbonyl (C=O) groups is 2. The quantitative estimate of drug-likeness (QED) is 0.254. The first-order chi connectivity index (χ1) is 18.7. The van der Waals surface area contributed by atoms with Gasteiger partial charge in [-0.1, -0.05) is 42.5 Å². The van der Waals surface area contributed by atoms with Crippen LogP contribution in [-0.2, 0) is 14.8 Å². The molecule has 1 saturated carbocycles. The number of rotatable bonds is 8. The van der Waals surface area contributed by atoms with Crippen LogP contribution < -0.4 is 10.0 Å². The van der Waals surface area contributed by atoms with Gasteiger partial charge in [-0.3, -0.25) is 4.79 Å². The second-order valence-corrected chi connectivity index (χ2v) is 11.7. The summed E-state index contributed by atoms with van der Waals surface area (Å²) < 4.78 is 29.1. The number of H-pyrrole nitrogens is 1. The first kappa shape index (κ1) is 26.6. The van der Waals surface area contributed by atoms with E-state index in [2.05, 4.69) is 20.0 Å².